The van der Waals surface area contributed by atoms with Crippen molar-refractivity contribution in [2.24, 2.45) is 5.73 Å². The molecule has 58 valence electrons. The molecule has 0 fully saturated rings. The largest absolute Gasteiger partial charge is 0.459 e. The lowest BCUT2D eigenvalue weighted by molar-refractivity contribution is 0.0949. The fourth-order valence-corrected chi connectivity index (χ4v) is 0.592. The van der Waals surface area contributed by atoms with E-state index in [1.807, 2.05) is 0 Å². The predicted octanol–water partition coefficient (Wildman–Crippen LogP) is -0.0971. The van der Waals surface area contributed by atoms with Gasteiger partial charge in [0.25, 0.3) is 5.91 Å². The third-order valence-electron chi connectivity index (χ3n) is 0.993. The van der Waals surface area contributed by atoms with Crippen LogP contribution in [0.5, 0.6) is 0 Å². The van der Waals surface area contributed by atoms with Gasteiger partial charge in [-0.25, -0.2) is 0 Å². The van der Waals surface area contributed by atoms with Crippen LogP contribution in [0.25, 0.3) is 0 Å². The molecule has 0 saturated heterocycles. The van der Waals surface area contributed by atoms with E-state index in [9.17, 15) is 4.79 Å². The molecular formula is C6H7N3O2. The minimum atomic E-state index is -0.512. The van der Waals surface area contributed by atoms with E-state index in [-0.39, 0.29) is 5.76 Å². The zero-order chi connectivity index (χ0) is 8.27. The molecule has 0 bridgehead atoms. The summed E-state index contributed by atoms with van der Waals surface area (Å²) in [5.41, 5.74) is 4.91. The summed E-state index contributed by atoms with van der Waals surface area (Å²) in [7, 11) is 0. The molecule has 0 radical (unpaired) electrons. The molecule has 0 saturated carbocycles. The van der Waals surface area contributed by atoms with Crippen LogP contribution in [0.15, 0.2) is 22.8 Å². The van der Waals surface area contributed by atoms with E-state index in [2.05, 4.69) is 5.32 Å². The van der Waals surface area contributed by atoms with Crippen LogP contribution in [-0.4, -0.2) is 11.9 Å². The second-order valence-corrected chi connectivity index (χ2v) is 1.85. The summed E-state index contributed by atoms with van der Waals surface area (Å²) in [6, 6.07) is 3.06. The highest BCUT2D eigenvalue weighted by atomic mass is 16.3. The Hall–Kier alpha value is -1.78. The van der Waals surface area contributed by atoms with Gasteiger partial charge in [0, 0.05) is 0 Å². The molecule has 5 nitrogen and oxygen atoms in total. The molecule has 0 aliphatic heterocycles. The van der Waals surface area contributed by atoms with E-state index in [1.54, 1.807) is 6.07 Å². The number of rotatable bonds is 1. The number of furan rings is 1. The molecule has 5 heteroatoms. The lowest BCUT2D eigenvalue weighted by Gasteiger charge is -1.96. The summed E-state index contributed by atoms with van der Waals surface area (Å²) in [5, 5.41) is 8.80. The van der Waals surface area contributed by atoms with Gasteiger partial charge < -0.3 is 10.2 Å². The number of carbonyl (C=O) groups is 1. The van der Waals surface area contributed by atoms with Crippen LogP contribution in [0, 0.1) is 5.41 Å². The molecule has 0 aliphatic carbocycles. The van der Waals surface area contributed by atoms with E-state index < -0.39 is 11.9 Å². The number of hydrogen-bond donors (Lipinski definition) is 3. The Balaban J connectivity index is 2.64. The molecule has 0 spiro atoms. The van der Waals surface area contributed by atoms with Crippen LogP contribution in [-0.2, 0) is 0 Å². The maximum Gasteiger partial charge on any atom is 0.293 e. The third kappa shape index (κ3) is 1.82. The molecule has 1 aromatic heterocycles. The van der Waals surface area contributed by atoms with Crippen LogP contribution < -0.4 is 11.1 Å². The second-order valence-electron chi connectivity index (χ2n) is 1.85. The van der Waals surface area contributed by atoms with Crippen LogP contribution in [0.4, 0.5) is 0 Å². The Morgan fingerprint density at radius 3 is 2.91 bits per heavy atom. The molecule has 0 unspecified atom stereocenters. The quantitative estimate of drug-likeness (QED) is 0.388. The summed E-state index contributed by atoms with van der Waals surface area (Å²) < 4.78 is 4.73. The van der Waals surface area contributed by atoms with Gasteiger partial charge in [-0.3, -0.25) is 15.5 Å². The van der Waals surface area contributed by atoms with Gasteiger partial charge in [0.15, 0.2) is 11.7 Å². The maximum atomic E-state index is 10.9. The van der Waals surface area contributed by atoms with Gasteiger partial charge in [-0.05, 0) is 12.1 Å². The van der Waals surface area contributed by atoms with E-state index in [0.29, 0.717) is 0 Å². The first-order valence-electron chi connectivity index (χ1n) is 2.89. The van der Waals surface area contributed by atoms with Crippen molar-refractivity contribution in [1.82, 2.24) is 5.32 Å². The first kappa shape index (κ1) is 7.33. The van der Waals surface area contributed by atoms with Crippen molar-refractivity contribution in [2.45, 2.75) is 0 Å². The van der Waals surface area contributed by atoms with Gasteiger partial charge in [0.1, 0.15) is 0 Å². The van der Waals surface area contributed by atoms with Crippen LogP contribution in [0.3, 0.4) is 0 Å². The fourth-order valence-electron chi connectivity index (χ4n) is 0.592. The van der Waals surface area contributed by atoms with Crippen molar-refractivity contribution < 1.29 is 9.21 Å². The predicted molar refractivity (Wildman–Crippen MR) is 38.1 cm³/mol. The summed E-state index contributed by atoms with van der Waals surface area (Å²) in [6.45, 7) is 0. The lowest BCUT2D eigenvalue weighted by Crippen LogP contribution is -2.35. The van der Waals surface area contributed by atoms with Crippen molar-refractivity contribution in [1.29, 1.82) is 5.41 Å². The number of nitrogens with two attached hydrogens (primary N) is 1. The third-order valence-corrected chi connectivity index (χ3v) is 0.993. The minimum Gasteiger partial charge on any atom is -0.459 e. The van der Waals surface area contributed by atoms with Crippen molar-refractivity contribution >= 4 is 11.9 Å². The van der Waals surface area contributed by atoms with E-state index >= 15 is 0 Å². The molecule has 11 heavy (non-hydrogen) atoms. The zero-order valence-electron chi connectivity index (χ0n) is 5.63. The molecule has 0 aromatic carbocycles. The Morgan fingerprint density at radius 1 is 1.73 bits per heavy atom. The standard InChI is InChI=1S/C6H7N3O2/c7-6(8)9-5(10)4-2-1-3-11-4/h1-3H,(H4,7,8,9,10). The number of guanidine groups is 1. The average molecular weight is 153 g/mol. The number of hydrogen-bond acceptors (Lipinski definition) is 3. The van der Waals surface area contributed by atoms with Gasteiger partial charge >= 0.3 is 0 Å². The maximum absolute atomic E-state index is 10.9. The summed E-state index contributed by atoms with van der Waals surface area (Å²) in [6.07, 6.45) is 1.37. The Morgan fingerprint density at radius 2 is 2.45 bits per heavy atom. The van der Waals surface area contributed by atoms with Gasteiger partial charge in [0.05, 0.1) is 6.26 Å². The molecule has 4 N–H and O–H groups in total. The summed E-state index contributed by atoms with van der Waals surface area (Å²) >= 11 is 0. The molecule has 1 aromatic rings. The fraction of sp³-hybridized carbons (Fsp3) is 0. The molecule has 1 rings (SSSR count). The molecule has 0 aliphatic rings. The lowest BCUT2D eigenvalue weighted by atomic mass is 10.4. The summed E-state index contributed by atoms with van der Waals surface area (Å²) in [5.74, 6) is -0.769. The van der Waals surface area contributed by atoms with Gasteiger partial charge in [-0.2, -0.15) is 0 Å². The number of carbonyl (C=O) groups excluding carboxylic acids is 1. The topological polar surface area (TPSA) is 92.1 Å². The number of nitrogens with one attached hydrogen (secondary N) is 2. The average Bonchev–Trinajstić information content (AvgIpc) is 2.35. The van der Waals surface area contributed by atoms with Crippen LogP contribution in [0.1, 0.15) is 10.6 Å². The SMILES string of the molecule is N=C(N)NC(=O)c1ccco1. The van der Waals surface area contributed by atoms with Crippen LogP contribution >= 0.6 is 0 Å². The van der Waals surface area contributed by atoms with Crippen molar-refractivity contribution in [2.75, 3.05) is 0 Å². The molecular weight excluding hydrogens is 146 g/mol. The molecule has 0 atom stereocenters. The molecule has 1 heterocycles. The highest BCUT2D eigenvalue weighted by Gasteiger charge is 2.07. The number of amides is 1. The molecule has 1 amide bonds. The second kappa shape index (κ2) is 2.87. The first-order chi connectivity index (χ1) is 5.20. The van der Waals surface area contributed by atoms with Gasteiger partial charge in [0.2, 0.25) is 0 Å². The Kier molecular flexibility index (Phi) is 1.91. The van der Waals surface area contributed by atoms with Gasteiger partial charge in [-0.1, -0.05) is 0 Å². The van der Waals surface area contributed by atoms with E-state index in [1.165, 1.54) is 12.3 Å². The highest BCUT2D eigenvalue weighted by Crippen LogP contribution is 1.97. The highest BCUT2D eigenvalue weighted by molar-refractivity contribution is 6.02. The van der Waals surface area contributed by atoms with Crippen molar-refractivity contribution in [3.8, 4) is 0 Å². The zero-order valence-corrected chi connectivity index (χ0v) is 5.63. The van der Waals surface area contributed by atoms with E-state index in [0.717, 1.165) is 0 Å². The van der Waals surface area contributed by atoms with Gasteiger partial charge in [-0.15, -0.1) is 0 Å². The monoisotopic (exact) mass is 153 g/mol. The summed E-state index contributed by atoms with van der Waals surface area (Å²) in [4.78, 5) is 10.9. The van der Waals surface area contributed by atoms with Crippen molar-refractivity contribution in [3.63, 3.8) is 0 Å². The first-order valence-corrected chi connectivity index (χ1v) is 2.89. The smallest absolute Gasteiger partial charge is 0.293 e. The Labute approximate surface area is 62.7 Å². The van der Waals surface area contributed by atoms with Crippen molar-refractivity contribution in [3.05, 3.63) is 24.2 Å². The normalized spacial score (nSPS) is 9.09. The van der Waals surface area contributed by atoms with Crippen LogP contribution in [0.2, 0.25) is 0 Å². The minimum absolute atomic E-state index is 0.139. The Bertz CT molecular complexity index is 265. The van der Waals surface area contributed by atoms with E-state index in [4.69, 9.17) is 15.6 Å².